The predicted molar refractivity (Wildman–Crippen MR) is 85.1 cm³/mol. The van der Waals surface area contributed by atoms with Crippen LogP contribution in [0.4, 0.5) is 15.8 Å². The van der Waals surface area contributed by atoms with E-state index in [9.17, 15) is 14.5 Å². The fourth-order valence-corrected chi connectivity index (χ4v) is 2.63. The summed E-state index contributed by atoms with van der Waals surface area (Å²) in [7, 11) is 0. The van der Waals surface area contributed by atoms with Gasteiger partial charge in [-0.05, 0) is 34.9 Å². The fourth-order valence-electron chi connectivity index (χ4n) is 2.63. The summed E-state index contributed by atoms with van der Waals surface area (Å²) in [5.41, 5.74) is 6.75. The topological polar surface area (TPSA) is 69.2 Å². The van der Waals surface area contributed by atoms with Crippen molar-refractivity contribution < 1.29 is 9.31 Å². The smallest absolute Gasteiger partial charge is 0.280 e. The summed E-state index contributed by atoms with van der Waals surface area (Å²) in [5.74, 6) is -0.770. The van der Waals surface area contributed by atoms with E-state index >= 15 is 0 Å². The molecular formula is C17H13FN2O2. The molecule has 0 spiro atoms. The number of hydrogen-bond donors (Lipinski definition) is 1. The van der Waals surface area contributed by atoms with Gasteiger partial charge in [-0.1, -0.05) is 36.4 Å². The van der Waals surface area contributed by atoms with Gasteiger partial charge in [0.05, 0.1) is 22.2 Å². The molecular weight excluding hydrogens is 283 g/mol. The van der Waals surface area contributed by atoms with Gasteiger partial charge >= 0.3 is 0 Å². The number of nitrogens with zero attached hydrogens (tertiary/aromatic N) is 1. The number of fused-ring (bicyclic) bond motifs is 1. The highest BCUT2D eigenvalue weighted by Gasteiger charge is 2.22. The molecule has 0 saturated heterocycles. The van der Waals surface area contributed by atoms with Crippen molar-refractivity contribution in [1.29, 1.82) is 0 Å². The predicted octanol–water partition coefficient (Wildman–Crippen LogP) is 4.44. The van der Waals surface area contributed by atoms with Crippen molar-refractivity contribution in [1.82, 2.24) is 0 Å². The van der Waals surface area contributed by atoms with Crippen molar-refractivity contribution in [2.45, 2.75) is 6.92 Å². The highest BCUT2D eigenvalue weighted by atomic mass is 19.1. The van der Waals surface area contributed by atoms with Gasteiger partial charge in [-0.25, -0.2) is 4.39 Å². The van der Waals surface area contributed by atoms with Crippen LogP contribution in [0.1, 0.15) is 5.56 Å². The molecule has 0 saturated carbocycles. The Kier molecular flexibility index (Phi) is 3.25. The zero-order chi connectivity index (χ0) is 15.9. The highest BCUT2D eigenvalue weighted by molar-refractivity contribution is 5.90. The number of nitro groups is 1. The molecule has 0 radical (unpaired) electrons. The average Bonchev–Trinajstić information content (AvgIpc) is 2.51. The second-order valence-corrected chi connectivity index (χ2v) is 5.11. The number of halogens is 1. The molecule has 5 heteroatoms. The van der Waals surface area contributed by atoms with Crippen molar-refractivity contribution in [3.8, 4) is 11.1 Å². The van der Waals surface area contributed by atoms with Crippen molar-refractivity contribution in [2.75, 3.05) is 5.73 Å². The van der Waals surface area contributed by atoms with Gasteiger partial charge in [0, 0.05) is 0 Å². The summed E-state index contributed by atoms with van der Waals surface area (Å²) in [6.07, 6.45) is 0. The third-order valence-corrected chi connectivity index (χ3v) is 3.79. The largest absolute Gasteiger partial charge is 0.396 e. The van der Waals surface area contributed by atoms with Crippen LogP contribution in [0.15, 0.2) is 48.5 Å². The van der Waals surface area contributed by atoms with Crippen LogP contribution >= 0.6 is 0 Å². The first-order valence-corrected chi connectivity index (χ1v) is 6.71. The summed E-state index contributed by atoms with van der Waals surface area (Å²) < 4.78 is 13.7. The monoisotopic (exact) mass is 296 g/mol. The van der Waals surface area contributed by atoms with Gasteiger partial charge < -0.3 is 5.73 Å². The van der Waals surface area contributed by atoms with E-state index in [4.69, 9.17) is 5.73 Å². The number of anilines is 1. The summed E-state index contributed by atoms with van der Waals surface area (Å²) in [5, 5.41) is 13.3. The standard InChI is InChI=1S/C17H13FN2O2/c1-10-16(15(20(21)22)9-14(18)17(10)19)13-7-6-11-4-2-3-5-12(11)8-13/h2-9H,19H2,1H3. The molecule has 0 bridgehead atoms. The zero-order valence-corrected chi connectivity index (χ0v) is 11.8. The van der Waals surface area contributed by atoms with Gasteiger partial charge in [-0.2, -0.15) is 0 Å². The minimum atomic E-state index is -0.770. The lowest BCUT2D eigenvalue weighted by Gasteiger charge is -2.11. The zero-order valence-electron chi connectivity index (χ0n) is 11.8. The molecule has 22 heavy (non-hydrogen) atoms. The summed E-state index contributed by atoms with van der Waals surface area (Å²) >= 11 is 0. The molecule has 0 atom stereocenters. The average molecular weight is 296 g/mol. The van der Waals surface area contributed by atoms with E-state index < -0.39 is 10.7 Å². The molecule has 110 valence electrons. The van der Waals surface area contributed by atoms with Crippen LogP contribution in [0.5, 0.6) is 0 Å². The Bertz CT molecular complexity index is 907. The third-order valence-electron chi connectivity index (χ3n) is 3.79. The van der Waals surface area contributed by atoms with Crippen LogP contribution < -0.4 is 5.73 Å². The first kappa shape index (κ1) is 14.0. The molecule has 0 aliphatic carbocycles. The molecule has 0 aromatic heterocycles. The molecule has 0 fully saturated rings. The van der Waals surface area contributed by atoms with Crippen LogP contribution in [0.3, 0.4) is 0 Å². The Hall–Kier alpha value is -2.95. The molecule has 0 heterocycles. The molecule has 2 N–H and O–H groups in total. The number of hydrogen-bond acceptors (Lipinski definition) is 3. The van der Waals surface area contributed by atoms with Crippen molar-refractivity contribution in [3.63, 3.8) is 0 Å². The van der Waals surface area contributed by atoms with Crippen molar-refractivity contribution in [2.24, 2.45) is 0 Å². The Morgan fingerprint density at radius 3 is 2.45 bits per heavy atom. The summed E-state index contributed by atoms with van der Waals surface area (Å²) in [6.45, 7) is 1.59. The fraction of sp³-hybridized carbons (Fsp3) is 0.0588. The van der Waals surface area contributed by atoms with Gasteiger partial charge in [0.1, 0.15) is 0 Å². The van der Waals surface area contributed by atoms with Crippen LogP contribution in [0.2, 0.25) is 0 Å². The van der Waals surface area contributed by atoms with E-state index in [1.54, 1.807) is 13.0 Å². The maximum Gasteiger partial charge on any atom is 0.280 e. The second kappa shape index (κ2) is 5.11. The van der Waals surface area contributed by atoms with Gasteiger partial charge in [0.25, 0.3) is 5.69 Å². The summed E-state index contributed by atoms with van der Waals surface area (Å²) in [6, 6.07) is 14.1. The second-order valence-electron chi connectivity index (χ2n) is 5.11. The number of benzene rings is 3. The van der Waals surface area contributed by atoms with Gasteiger partial charge in [-0.3, -0.25) is 10.1 Å². The van der Waals surface area contributed by atoms with Crippen LogP contribution in [-0.2, 0) is 0 Å². The first-order valence-electron chi connectivity index (χ1n) is 6.71. The number of nitrogens with two attached hydrogens (primary N) is 1. The van der Waals surface area contributed by atoms with E-state index in [-0.39, 0.29) is 11.4 Å². The van der Waals surface area contributed by atoms with E-state index in [0.717, 1.165) is 16.8 Å². The molecule has 0 amide bonds. The number of nitrogen functional groups attached to an aromatic ring is 1. The van der Waals surface area contributed by atoms with E-state index in [1.807, 2.05) is 36.4 Å². The molecule has 3 aromatic rings. The molecule has 3 aromatic carbocycles. The Labute approximate surface area is 126 Å². The van der Waals surface area contributed by atoms with Crippen LogP contribution in [0.25, 0.3) is 21.9 Å². The van der Waals surface area contributed by atoms with Gasteiger partial charge in [0.2, 0.25) is 0 Å². The van der Waals surface area contributed by atoms with Crippen LogP contribution in [0, 0.1) is 22.9 Å². The van der Waals surface area contributed by atoms with E-state index in [0.29, 0.717) is 16.7 Å². The Morgan fingerprint density at radius 2 is 1.77 bits per heavy atom. The lowest BCUT2D eigenvalue weighted by atomic mass is 9.95. The third kappa shape index (κ3) is 2.16. The molecule has 3 rings (SSSR count). The Balaban J connectivity index is 2.33. The van der Waals surface area contributed by atoms with Crippen molar-refractivity contribution >= 4 is 22.1 Å². The normalized spacial score (nSPS) is 10.8. The Morgan fingerprint density at radius 1 is 1.09 bits per heavy atom. The molecule has 0 aliphatic rings. The quantitative estimate of drug-likeness (QED) is 0.431. The number of nitro benzene ring substituents is 1. The highest BCUT2D eigenvalue weighted by Crippen LogP contribution is 2.38. The van der Waals surface area contributed by atoms with E-state index in [2.05, 4.69) is 0 Å². The van der Waals surface area contributed by atoms with Gasteiger partial charge in [0.15, 0.2) is 5.82 Å². The maximum atomic E-state index is 13.7. The lowest BCUT2D eigenvalue weighted by molar-refractivity contribution is -0.384. The molecule has 4 nitrogen and oxygen atoms in total. The lowest BCUT2D eigenvalue weighted by Crippen LogP contribution is -2.01. The van der Waals surface area contributed by atoms with Crippen molar-refractivity contribution in [3.05, 3.63) is 70.0 Å². The van der Waals surface area contributed by atoms with Crippen LogP contribution in [-0.4, -0.2) is 4.92 Å². The minimum absolute atomic E-state index is 0.0613. The summed E-state index contributed by atoms with van der Waals surface area (Å²) in [4.78, 5) is 10.7. The molecule has 0 aliphatic heterocycles. The minimum Gasteiger partial charge on any atom is -0.396 e. The maximum absolute atomic E-state index is 13.7. The SMILES string of the molecule is Cc1c(N)c(F)cc([N+](=O)[O-])c1-c1ccc2ccccc2c1. The first-order chi connectivity index (χ1) is 10.5. The van der Waals surface area contributed by atoms with Gasteiger partial charge in [-0.15, -0.1) is 0 Å². The van der Waals surface area contributed by atoms with E-state index in [1.165, 1.54) is 0 Å². The number of rotatable bonds is 2. The molecule has 0 unspecified atom stereocenters.